The number of Topliss-reactive ketones (excluding diaryl/α,β-unsaturated/α-hetero) is 1. The lowest BCUT2D eigenvalue weighted by molar-refractivity contribution is -0.116. The van der Waals surface area contributed by atoms with Gasteiger partial charge in [-0.15, -0.1) is 12.4 Å². The summed E-state index contributed by atoms with van der Waals surface area (Å²) in [7, 11) is 0. The molecule has 1 aromatic rings. The number of aromatic nitrogens is 2. The van der Waals surface area contributed by atoms with Crippen molar-refractivity contribution in [2.45, 2.75) is 33.6 Å². The summed E-state index contributed by atoms with van der Waals surface area (Å²) >= 11 is 0. The van der Waals surface area contributed by atoms with Gasteiger partial charge in [0, 0.05) is 12.1 Å². The lowest BCUT2D eigenvalue weighted by Crippen LogP contribution is -2.23. The molecule has 0 aliphatic rings. The average Bonchev–Trinajstić information content (AvgIpc) is 2.39. The van der Waals surface area contributed by atoms with Crippen LogP contribution in [0.1, 0.15) is 30.3 Å². The largest absolute Gasteiger partial charge is 0.368 e. The molecule has 0 radical (unpaired) electrons. The molecule has 5 nitrogen and oxygen atoms in total. The van der Waals surface area contributed by atoms with Crippen molar-refractivity contribution in [3.63, 3.8) is 0 Å². The molecule has 1 aromatic heterocycles. The average molecular weight is 245 g/mol. The Morgan fingerprint density at radius 1 is 1.50 bits per heavy atom. The van der Waals surface area contributed by atoms with E-state index in [2.05, 4.69) is 5.10 Å². The summed E-state index contributed by atoms with van der Waals surface area (Å²) in [5, 5.41) is 11.5. The van der Waals surface area contributed by atoms with Crippen LogP contribution < -0.4 is 5.73 Å². The number of hydrogen-bond acceptors (Lipinski definition) is 3. The van der Waals surface area contributed by atoms with E-state index in [-0.39, 0.29) is 24.1 Å². The first-order chi connectivity index (χ1) is 6.93. The number of aryl methyl sites for hydroxylation is 1. The number of rotatable bonds is 3. The first kappa shape index (κ1) is 14.6. The number of carbonyl (C=O) groups excluding carboxylic acids is 1. The zero-order valence-corrected chi connectivity index (χ0v) is 10.5. The van der Waals surface area contributed by atoms with E-state index < -0.39 is 0 Å². The van der Waals surface area contributed by atoms with Gasteiger partial charge in [0.05, 0.1) is 5.69 Å². The van der Waals surface area contributed by atoms with Gasteiger partial charge in [0.15, 0.2) is 0 Å². The van der Waals surface area contributed by atoms with Crippen molar-refractivity contribution in [3.05, 3.63) is 17.0 Å². The Hall–Kier alpha value is -1.36. The Morgan fingerprint density at radius 2 is 2.06 bits per heavy atom. The van der Waals surface area contributed by atoms with E-state index in [4.69, 9.17) is 11.1 Å². The maximum Gasteiger partial charge on any atom is 0.213 e. The van der Waals surface area contributed by atoms with Crippen molar-refractivity contribution in [1.29, 1.82) is 5.41 Å². The standard InChI is InChI=1S/C10H16N4O.ClH/c1-6(15)4-5-9-7(2)13-14(8(9)3)10(11)12;/h4-5H2,1-3H3,(H3,11,12);1H. The molecule has 6 heteroatoms. The van der Waals surface area contributed by atoms with Crippen molar-refractivity contribution in [2.75, 3.05) is 0 Å². The second-order valence-electron chi connectivity index (χ2n) is 3.65. The number of carbonyl (C=O) groups is 1. The highest BCUT2D eigenvalue weighted by atomic mass is 35.5. The molecule has 0 aliphatic carbocycles. The second-order valence-corrected chi connectivity index (χ2v) is 3.65. The Balaban J connectivity index is 0.00000225. The van der Waals surface area contributed by atoms with Gasteiger partial charge in [-0.25, -0.2) is 4.68 Å². The van der Waals surface area contributed by atoms with Crippen LogP contribution in [-0.2, 0) is 11.2 Å². The quantitative estimate of drug-likeness (QED) is 0.619. The van der Waals surface area contributed by atoms with Gasteiger partial charge >= 0.3 is 0 Å². The molecule has 16 heavy (non-hydrogen) atoms. The van der Waals surface area contributed by atoms with Gasteiger partial charge in [0.1, 0.15) is 5.78 Å². The maximum atomic E-state index is 10.9. The van der Waals surface area contributed by atoms with Crippen LogP contribution in [0.3, 0.4) is 0 Å². The molecule has 0 saturated heterocycles. The molecule has 0 atom stereocenters. The van der Waals surface area contributed by atoms with Crippen LogP contribution in [-0.4, -0.2) is 21.5 Å². The summed E-state index contributed by atoms with van der Waals surface area (Å²) in [5.41, 5.74) is 8.07. The monoisotopic (exact) mass is 244 g/mol. The number of halogens is 1. The highest BCUT2D eigenvalue weighted by Crippen LogP contribution is 2.14. The van der Waals surface area contributed by atoms with Gasteiger partial charge in [-0.3, -0.25) is 5.41 Å². The minimum atomic E-state index is -0.0929. The van der Waals surface area contributed by atoms with Crippen LogP contribution in [0.4, 0.5) is 0 Å². The van der Waals surface area contributed by atoms with E-state index in [1.807, 2.05) is 13.8 Å². The lowest BCUT2D eigenvalue weighted by Gasteiger charge is -2.01. The normalized spacial score (nSPS) is 9.69. The van der Waals surface area contributed by atoms with Gasteiger partial charge in [0.2, 0.25) is 5.96 Å². The smallest absolute Gasteiger partial charge is 0.213 e. The van der Waals surface area contributed by atoms with Gasteiger partial charge < -0.3 is 10.5 Å². The Morgan fingerprint density at radius 3 is 2.44 bits per heavy atom. The first-order valence-corrected chi connectivity index (χ1v) is 4.82. The van der Waals surface area contributed by atoms with Gasteiger partial charge in [0.25, 0.3) is 0 Å². The Bertz CT molecular complexity index is 411. The zero-order chi connectivity index (χ0) is 11.6. The summed E-state index contributed by atoms with van der Waals surface area (Å²) in [6.45, 7) is 5.29. The minimum absolute atomic E-state index is 0. The van der Waals surface area contributed by atoms with Crippen LogP contribution in [0.25, 0.3) is 0 Å². The molecule has 0 spiro atoms. The summed E-state index contributed by atoms with van der Waals surface area (Å²) in [4.78, 5) is 10.9. The molecule has 90 valence electrons. The van der Waals surface area contributed by atoms with Gasteiger partial charge in [-0.1, -0.05) is 0 Å². The second kappa shape index (κ2) is 5.65. The molecular weight excluding hydrogens is 228 g/mol. The van der Waals surface area contributed by atoms with E-state index in [1.54, 1.807) is 6.92 Å². The molecule has 0 aromatic carbocycles. The molecule has 0 bridgehead atoms. The van der Waals surface area contributed by atoms with E-state index in [9.17, 15) is 4.79 Å². The number of nitrogens with zero attached hydrogens (tertiary/aromatic N) is 2. The number of ketones is 1. The fraction of sp³-hybridized carbons (Fsp3) is 0.500. The maximum absolute atomic E-state index is 10.9. The van der Waals surface area contributed by atoms with Crippen molar-refractivity contribution < 1.29 is 4.79 Å². The number of nitrogens with two attached hydrogens (primary N) is 1. The van der Waals surface area contributed by atoms with Crippen molar-refractivity contribution in [3.8, 4) is 0 Å². The molecule has 0 unspecified atom stereocenters. The molecule has 1 heterocycles. The predicted molar refractivity (Wildman–Crippen MR) is 65.3 cm³/mol. The topological polar surface area (TPSA) is 84.8 Å². The van der Waals surface area contributed by atoms with E-state index in [0.29, 0.717) is 12.8 Å². The Labute approximate surface area is 101 Å². The third-order valence-electron chi connectivity index (χ3n) is 2.40. The van der Waals surface area contributed by atoms with Crippen LogP contribution in [0.5, 0.6) is 0 Å². The minimum Gasteiger partial charge on any atom is -0.368 e. The SMILES string of the molecule is CC(=O)CCc1c(C)nn(C(=N)N)c1C.Cl. The lowest BCUT2D eigenvalue weighted by atomic mass is 10.1. The van der Waals surface area contributed by atoms with Crippen LogP contribution in [0, 0.1) is 19.3 Å². The van der Waals surface area contributed by atoms with E-state index in [1.165, 1.54) is 4.68 Å². The van der Waals surface area contributed by atoms with Crippen molar-refractivity contribution >= 4 is 24.1 Å². The van der Waals surface area contributed by atoms with Crippen molar-refractivity contribution in [1.82, 2.24) is 9.78 Å². The molecule has 1 rings (SSSR count). The summed E-state index contributed by atoms with van der Waals surface area (Å²) < 4.78 is 1.39. The highest BCUT2D eigenvalue weighted by molar-refractivity contribution is 5.85. The molecular formula is C10H17ClN4O. The molecule has 0 fully saturated rings. The van der Waals surface area contributed by atoms with Crippen molar-refractivity contribution in [2.24, 2.45) is 5.73 Å². The van der Waals surface area contributed by atoms with E-state index >= 15 is 0 Å². The highest BCUT2D eigenvalue weighted by Gasteiger charge is 2.12. The molecule has 0 amide bonds. The van der Waals surface area contributed by atoms with E-state index in [0.717, 1.165) is 17.0 Å². The fourth-order valence-corrected chi connectivity index (χ4v) is 1.57. The molecule has 3 N–H and O–H groups in total. The van der Waals surface area contributed by atoms with Gasteiger partial charge in [-0.2, -0.15) is 5.10 Å². The predicted octanol–water partition coefficient (Wildman–Crippen LogP) is 1.18. The van der Waals surface area contributed by atoms with Crippen LogP contribution in [0.2, 0.25) is 0 Å². The number of nitrogen functional groups attached to an aromatic ring is 1. The summed E-state index contributed by atoms with van der Waals surface area (Å²) in [6.07, 6.45) is 1.17. The third-order valence-corrected chi connectivity index (χ3v) is 2.40. The molecule has 0 saturated carbocycles. The van der Waals surface area contributed by atoms with Crippen LogP contribution in [0.15, 0.2) is 0 Å². The van der Waals surface area contributed by atoms with Gasteiger partial charge in [-0.05, 0) is 32.8 Å². The summed E-state index contributed by atoms with van der Waals surface area (Å²) in [5.74, 6) is 0.0639. The third kappa shape index (κ3) is 3.06. The Kier molecular flexibility index (Phi) is 5.17. The summed E-state index contributed by atoms with van der Waals surface area (Å²) in [6, 6.07) is 0. The van der Waals surface area contributed by atoms with Crippen LogP contribution >= 0.6 is 12.4 Å². The fourth-order valence-electron chi connectivity index (χ4n) is 1.57. The number of hydrogen-bond donors (Lipinski definition) is 2. The zero-order valence-electron chi connectivity index (χ0n) is 9.70. The first-order valence-electron chi connectivity index (χ1n) is 4.82. The number of nitrogens with one attached hydrogen (secondary N) is 1. The molecule has 0 aliphatic heterocycles.